The van der Waals surface area contributed by atoms with Gasteiger partial charge in [-0.3, -0.25) is 4.79 Å². The molecule has 6 nitrogen and oxygen atoms in total. The molecule has 0 aliphatic heterocycles. The van der Waals surface area contributed by atoms with Crippen LogP contribution in [-0.4, -0.2) is 14.3 Å². The number of carbonyl (C=O) groups is 1. The highest BCUT2D eigenvalue weighted by Gasteiger charge is 2.11. The molecule has 7 heteroatoms. The van der Waals surface area contributed by atoms with E-state index in [0.29, 0.717) is 5.69 Å². The van der Waals surface area contributed by atoms with Crippen molar-refractivity contribution in [1.29, 1.82) is 5.53 Å². The average Bonchev–Trinajstić information content (AvgIpc) is 2.18. The van der Waals surface area contributed by atoms with E-state index in [0.717, 1.165) is 0 Å². The minimum Gasteiger partial charge on any atom is -0.326 e. The molecule has 1 amide bonds. The number of carbonyl (C=O) groups excluding carboxylic acids is 1. The monoisotopic (exact) mass is 227 g/mol. The fraction of sp³-hybridized carbons (Fsp3) is 0.125. The third kappa shape index (κ3) is 2.84. The van der Waals surface area contributed by atoms with Crippen molar-refractivity contribution in [2.24, 2.45) is 4.52 Å². The van der Waals surface area contributed by atoms with Gasteiger partial charge in [-0.15, -0.1) is 0 Å². The molecule has 0 aliphatic carbocycles. The molecule has 0 bridgehead atoms. The Morgan fingerprint density at radius 3 is 2.27 bits per heavy atom. The Labute approximate surface area is 86.9 Å². The van der Waals surface area contributed by atoms with Gasteiger partial charge in [0.25, 0.3) is 10.0 Å². The van der Waals surface area contributed by atoms with E-state index in [4.69, 9.17) is 5.53 Å². The second-order valence-electron chi connectivity index (χ2n) is 2.77. The van der Waals surface area contributed by atoms with E-state index in [2.05, 4.69) is 9.84 Å². The first-order valence-electron chi connectivity index (χ1n) is 3.97. The maximum Gasteiger partial charge on any atom is 0.299 e. The molecule has 0 spiro atoms. The van der Waals surface area contributed by atoms with Gasteiger partial charge in [-0.25, -0.2) is 0 Å². The summed E-state index contributed by atoms with van der Waals surface area (Å²) in [5.41, 5.74) is 6.97. The van der Waals surface area contributed by atoms with E-state index in [1.807, 2.05) is 0 Å². The number of hydrogen-bond acceptors (Lipinski definition) is 4. The number of anilines is 1. The van der Waals surface area contributed by atoms with Gasteiger partial charge in [-0.2, -0.15) is 13.9 Å². The van der Waals surface area contributed by atoms with Gasteiger partial charge in [0, 0.05) is 12.6 Å². The first-order valence-corrected chi connectivity index (χ1v) is 5.41. The number of hydrogen-bond donors (Lipinski definition) is 2. The van der Waals surface area contributed by atoms with Gasteiger partial charge in [0.2, 0.25) is 5.91 Å². The van der Waals surface area contributed by atoms with E-state index in [1.165, 1.54) is 31.2 Å². The number of nitrogens with zero attached hydrogens (tertiary/aromatic N) is 1. The molecule has 0 radical (unpaired) electrons. The predicted octanol–water partition coefficient (Wildman–Crippen LogP) is 1.36. The minimum atomic E-state index is -3.86. The molecule has 0 unspecified atom stereocenters. The van der Waals surface area contributed by atoms with Crippen LogP contribution in [0.4, 0.5) is 5.69 Å². The largest absolute Gasteiger partial charge is 0.326 e. The summed E-state index contributed by atoms with van der Waals surface area (Å²) in [7, 11) is -3.86. The minimum absolute atomic E-state index is 0.0772. The Kier molecular flexibility index (Phi) is 3.15. The Balaban J connectivity index is 3.00. The molecule has 80 valence electrons. The highest BCUT2D eigenvalue weighted by Crippen LogP contribution is 2.15. The van der Waals surface area contributed by atoms with E-state index in [-0.39, 0.29) is 10.8 Å². The predicted molar refractivity (Wildman–Crippen MR) is 53.1 cm³/mol. The van der Waals surface area contributed by atoms with Gasteiger partial charge < -0.3 is 5.32 Å². The third-order valence-corrected chi connectivity index (χ3v) is 2.70. The smallest absolute Gasteiger partial charge is 0.299 e. The number of sulfonamides is 1. The van der Waals surface area contributed by atoms with Gasteiger partial charge in [0.15, 0.2) is 0 Å². The zero-order valence-electron chi connectivity index (χ0n) is 7.89. The first-order chi connectivity index (χ1) is 6.95. The third-order valence-electron chi connectivity index (χ3n) is 1.59. The van der Waals surface area contributed by atoms with Gasteiger partial charge >= 0.3 is 0 Å². The number of rotatable bonds is 3. The van der Waals surface area contributed by atoms with E-state index in [1.54, 1.807) is 0 Å². The van der Waals surface area contributed by atoms with Crippen molar-refractivity contribution in [3.8, 4) is 0 Å². The summed E-state index contributed by atoms with van der Waals surface area (Å²) in [6, 6.07) is 5.41. The van der Waals surface area contributed by atoms with E-state index >= 15 is 0 Å². The Morgan fingerprint density at radius 1 is 1.33 bits per heavy atom. The highest BCUT2D eigenvalue weighted by atomic mass is 32.2. The van der Waals surface area contributed by atoms with Crippen LogP contribution in [0.5, 0.6) is 0 Å². The summed E-state index contributed by atoms with van der Waals surface area (Å²) < 4.78 is 24.7. The SMILES string of the molecule is CC(=O)Nc1ccc(S(=O)(=O)N=N)cc1. The van der Waals surface area contributed by atoms with Crippen molar-refractivity contribution in [1.82, 2.24) is 0 Å². The fourth-order valence-corrected chi connectivity index (χ4v) is 1.55. The molecular formula is C8H9N3O3S. The maximum atomic E-state index is 11.1. The Bertz CT molecular complexity index is 478. The summed E-state index contributed by atoms with van der Waals surface area (Å²) in [5.74, 6) is -0.240. The molecule has 2 N–H and O–H groups in total. The van der Waals surface area contributed by atoms with Crippen molar-refractivity contribution in [3.63, 3.8) is 0 Å². The summed E-state index contributed by atoms with van der Waals surface area (Å²) in [5, 5.41) is 2.49. The highest BCUT2D eigenvalue weighted by molar-refractivity contribution is 7.90. The lowest BCUT2D eigenvalue weighted by atomic mass is 10.3. The van der Waals surface area contributed by atoms with Gasteiger partial charge in [-0.1, -0.05) is 4.52 Å². The quantitative estimate of drug-likeness (QED) is 0.762. The van der Waals surface area contributed by atoms with E-state index < -0.39 is 10.0 Å². The van der Waals surface area contributed by atoms with Gasteiger partial charge in [0.1, 0.15) is 0 Å². The van der Waals surface area contributed by atoms with Crippen molar-refractivity contribution in [2.45, 2.75) is 11.8 Å². The molecule has 0 saturated heterocycles. The molecule has 0 aromatic heterocycles. The molecular weight excluding hydrogens is 218 g/mol. The zero-order valence-corrected chi connectivity index (χ0v) is 8.71. The molecule has 0 atom stereocenters. The second-order valence-corrected chi connectivity index (χ2v) is 4.38. The number of nitrogens with one attached hydrogen (secondary N) is 2. The van der Waals surface area contributed by atoms with Crippen molar-refractivity contribution >= 4 is 21.6 Å². The Hall–Kier alpha value is -1.76. The molecule has 0 heterocycles. The van der Waals surface area contributed by atoms with Crippen LogP contribution in [0.25, 0.3) is 0 Å². The van der Waals surface area contributed by atoms with Gasteiger partial charge in [-0.05, 0) is 24.3 Å². The van der Waals surface area contributed by atoms with Crippen LogP contribution in [-0.2, 0) is 14.8 Å². The van der Waals surface area contributed by atoms with Gasteiger partial charge in [0.05, 0.1) is 4.90 Å². The van der Waals surface area contributed by atoms with Crippen LogP contribution in [0, 0.1) is 5.53 Å². The molecule has 1 rings (SSSR count). The van der Waals surface area contributed by atoms with E-state index in [9.17, 15) is 13.2 Å². The molecule has 0 aliphatic rings. The van der Waals surface area contributed by atoms with Crippen LogP contribution in [0.3, 0.4) is 0 Å². The fourth-order valence-electron chi connectivity index (χ4n) is 0.966. The average molecular weight is 227 g/mol. The van der Waals surface area contributed by atoms with Crippen molar-refractivity contribution < 1.29 is 13.2 Å². The lowest BCUT2D eigenvalue weighted by Gasteiger charge is -2.02. The van der Waals surface area contributed by atoms with Crippen molar-refractivity contribution in [2.75, 3.05) is 5.32 Å². The Morgan fingerprint density at radius 2 is 1.87 bits per heavy atom. The zero-order chi connectivity index (χ0) is 11.5. The second kappa shape index (κ2) is 4.18. The standard InChI is InChI=1S/C8H9N3O3S/c1-6(12)10-7-2-4-8(5-3-7)15(13,14)11-9/h2-5,9H,1H3,(H,10,12). The summed E-state index contributed by atoms with van der Waals surface area (Å²) >= 11 is 0. The summed E-state index contributed by atoms with van der Waals surface area (Å²) in [6.45, 7) is 1.35. The van der Waals surface area contributed by atoms with Crippen molar-refractivity contribution in [3.05, 3.63) is 24.3 Å². The lowest BCUT2D eigenvalue weighted by molar-refractivity contribution is -0.114. The van der Waals surface area contributed by atoms with Crippen LogP contribution in [0.1, 0.15) is 6.92 Å². The van der Waals surface area contributed by atoms with Crippen LogP contribution >= 0.6 is 0 Å². The normalized spacial score (nSPS) is 10.7. The molecule has 0 fully saturated rings. The topological polar surface area (TPSA) is 99.4 Å². The first kappa shape index (κ1) is 11.3. The van der Waals surface area contributed by atoms with Crippen LogP contribution < -0.4 is 5.32 Å². The maximum absolute atomic E-state index is 11.1. The molecule has 1 aromatic rings. The number of amides is 1. The summed E-state index contributed by atoms with van der Waals surface area (Å²) in [6.07, 6.45) is 0. The van der Waals surface area contributed by atoms with Crippen LogP contribution in [0.2, 0.25) is 0 Å². The summed E-state index contributed by atoms with van der Waals surface area (Å²) in [4.78, 5) is 10.6. The molecule has 1 aromatic carbocycles. The van der Waals surface area contributed by atoms with Crippen LogP contribution in [0.15, 0.2) is 33.7 Å². The lowest BCUT2D eigenvalue weighted by Crippen LogP contribution is -2.05. The molecule has 0 saturated carbocycles. The molecule has 15 heavy (non-hydrogen) atoms. The number of benzene rings is 1.